The van der Waals surface area contributed by atoms with E-state index in [0.717, 1.165) is 22.1 Å². The molecule has 3 N–H and O–H groups in total. The first-order valence-corrected chi connectivity index (χ1v) is 6.57. The first kappa shape index (κ1) is 13.5. The highest BCUT2D eigenvalue weighted by Crippen LogP contribution is 2.27. The number of anilines is 2. The minimum Gasteiger partial charge on any atom is -0.399 e. The van der Waals surface area contributed by atoms with Gasteiger partial charge in [0.05, 0.1) is 5.69 Å². The molecule has 2 rings (SSSR count). The van der Waals surface area contributed by atoms with Crippen LogP contribution in [0.5, 0.6) is 0 Å². The van der Waals surface area contributed by atoms with Crippen LogP contribution in [0.2, 0.25) is 0 Å². The van der Waals surface area contributed by atoms with Gasteiger partial charge in [0, 0.05) is 17.2 Å². The second-order valence-corrected chi connectivity index (χ2v) is 4.80. The van der Waals surface area contributed by atoms with Gasteiger partial charge in [-0.2, -0.15) is 4.98 Å². The molecule has 6 nitrogen and oxygen atoms in total. The predicted molar refractivity (Wildman–Crippen MR) is 78.7 cm³/mol. The van der Waals surface area contributed by atoms with Crippen LogP contribution >= 0.6 is 15.9 Å². The van der Waals surface area contributed by atoms with E-state index in [4.69, 9.17) is 5.73 Å². The van der Waals surface area contributed by atoms with E-state index in [1.807, 2.05) is 13.0 Å². The molecule has 0 aliphatic carbocycles. The predicted octanol–water partition coefficient (Wildman–Crippen LogP) is 1.58. The fourth-order valence-corrected chi connectivity index (χ4v) is 2.54. The average molecular weight is 324 g/mol. The van der Waals surface area contributed by atoms with Crippen LogP contribution < -0.4 is 16.7 Å². The van der Waals surface area contributed by atoms with Crippen molar-refractivity contribution >= 4 is 27.6 Å². The maximum Gasteiger partial charge on any atom is 0.356 e. The molecule has 0 fully saturated rings. The molecule has 100 valence electrons. The molecule has 0 aliphatic rings. The number of aromatic nitrogens is 3. The lowest BCUT2D eigenvalue weighted by atomic mass is 10.1. The quantitative estimate of drug-likeness (QED) is 0.837. The van der Waals surface area contributed by atoms with Crippen LogP contribution in [0.15, 0.2) is 27.7 Å². The van der Waals surface area contributed by atoms with E-state index in [-0.39, 0.29) is 5.69 Å². The van der Waals surface area contributed by atoms with Crippen molar-refractivity contribution in [2.75, 3.05) is 18.1 Å². The summed E-state index contributed by atoms with van der Waals surface area (Å²) in [5.41, 5.74) is 7.74. The van der Waals surface area contributed by atoms with E-state index >= 15 is 0 Å². The van der Waals surface area contributed by atoms with E-state index in [1.165, 1.54) is 10.9 Å². The largest absolute Gasteiger partial charge is 0.399 e. The summed E-state index contributed by atoms with van der Waals surface area (Å²) in [6.07, 6.45) is 2.20. The van der Waals surface area contributed by atoms with Gasteiger partial charge in [-0.1, -0.05) is 6.92 Å². The first-order chi connectivity index (χ1) is 9.06. The van der Waals surface area contributed by atoms with Crippen LogP contribution in [0.1, 0.15) is 12.5 Å². The smallest absolute Gasteiger partial charge is 0.356 e. The van der Waals surface area contributed by atoms with E-state index in [1.54, 1.807) is 13.1 Å². The summed E-state index contributed by atoms with van der Waals surface area (Å²) in [5, 5.41) is 2.73. The Morgan fingerprint density at radius 3 is 2.79 bits per heavy atom. The lowest BCUT2D eigenvalue weighted by molar-refractivity contribution is 0.847. The van der Waals surface area contributed by atoms with E-state index in [0.29, 0.717) is 11.6 Å². The summed E-state index contributed by atoms with van der Waals surface area (Å²) >= 11 is 3.43. The molecular weight excluding hydrogens is 310 g/mol. The van der Waals surface area contributed by atoms with Crippen molar-refractivity contribution in [3.63, 3.8) is 0 Å². The number of rotatable bonds is 3. The summed E-state index contributed by atoms with van der Waals surface area (Å²) in [6.45, 7) is 2.00. The Labute approximate surface area is 118 Å². The highest BCUT2D eigenvalue weighted by Gasteiger charge is 2.12. The Kier molecular flexibility index (Phi) is 3.84. The first-order valence-electron chi connectivity index (χ1n) is 5.78. The number of nitrogens with zero attached hydrogens (tertiary/aromatic N) is 3. The standard InChI is InChI=1S/C12H14BrN5O/c1-3-7-4-8(14)5-9(13)10(7)18-6-16-11(15-2)17-12(18)19/h4-6H,3,14H2,1-2H3,(H,15,17,19). The zero-order chi connectivity index (χ0) is 14.0. The number of hydrogen-bond acceptors (Lipinski definition) is 5. The Bertz CT molecular complexity index is 668. The van der Waals surface area contributed by atoms with Gasteiger partial charge in [0.25, 0.3) is 0 Å². The molecule has 1 heterocycles. The second-order valence-electron chi connectivity index (χ2n) is 3.95. The van der Waals surface area contributed by atoms with Gasteiger partial charge in [-0.3, -0.25) is 0 Å². The van der Waals surface area contributed by atoms with E-state index in [9.17, 15) is 4.79 Å². The molecule has 0 saturated heterocycles. The monoisotopic (exact) mass is 323 g/mol. The van der Waals surface area contributed by atoms with E-state index in [2.05, 4.69) is 31.2 Å². The molecule has 7 heteroatoms. The maximum absolute atomic E-state index is 12.0. The van der Waals surface area contributed by atoms with Crippen LogP contribution in [0.3, 0.4) is 0 Å². The minimum absolute atomic E-state index is 0.297. The normalized spacial score (nSPS) is 10.5. The Morgan fingerprint density at radius 2 is 2.21 bits per heavy atom. The molecular formula is C12H14BrN5O. The summed E-state index contributed by atoms with van der Waals surface area (Å²) in [7, 11) is 1.66. The van der Waals surface area contributed by atoms with Crippen LogP contribution in [0.4, 0.5) is 11.6 Å². The summed E-state index contributed by atoms with van der Waals surface area (Å²) in [5.74, 6) is 0.297. The summed E-state index contributed by atoms with van der Waals surface area (Å²) in [4.78, 5) is 19.9. The highest BCUT2D eigenvalue weighted by atomic mass is 79.9. The molecule has 0 saturated carbocycles. The maximum atomic E-state index is 12.0. The lowest BCUT2D eigenvalue weighted by Crippen LogP contribution is -2.24. The van der Waals surface area contributed by atoms with Gasteiger partial charge in [-0.05, 0) is 40.0 Å². The Balaban J connectivity index is 2.68. The molecule has 0 spiro atoms. The molecule has 2 aromatic rings. The Morgan fingerprint density at radius 1 is 1.47 bits per heavy atom. The molecule has 1 aromatic carbocycles. The van der Waals surface area contributed by atoms with Crippen molar-refractivity contribution in [1.82, 2.24) is 14.5 Å². The molecule has 0 amide bonds. The highest BCUT2D eigenvalue weighted by molar-refractivity contribution is 9.10. The van der Waals surface area contributed by atoms with Crippen LogP contribution in [-0.4, -0.2) is 21.6 Å². The fourth-order valence-electron chi connectivity index (χ4n) is 1.83. The number of halogens is 1. The van der Waals surface area contributed by atoms with Crippen molar-refractivity contribution in [3.05, 3.63) is 39.0 Å². The third-order valence-corrected chi connectivity index (χ3v) is 3.32. The summed E-state index contributed by atoms with van der Waals surface area (Å²) < 4.78 is 2.15. The van der Waals surface area contributed by atoms with Gasteiger partial charge >= 0.3 is 5.69 Å². The zero-order valence-electron chi connectivity index (χ0n) is 10.6. The van der Waals surface area contributed by atoms with Crippen LogP contribution in [-0.2, 0) is 6.42 Å². The van der Waals surface area contributed by atoms with Gasteiger partial charge in [0.15, 0.2) is 0 Å². The molecule has 0 unspecified atom stereocenters. The lowest BCUT2D eigenvalue weighted by Gasteiger charge is -2.13. The third kappa shape index (κ3) is 2.60. The van der Waals surface area contributed by atoms with Crippen LogP contribution in [0.25, 0.3) is 5.69 Å². The average Bonchev–Trinajstić information content (AvgIpc) is 2.38. The van der Waals surface area contributed by atoms with Crippen molar-refractivity contribution in [2.24, 2.45) is 0 Å². The number of hydrogen-bond donors (Lipinski definition) is 2. The number of benzene rings is 1. The van der Waals surface area contributed by atoms with Crippen molar-refractivity contribution in [1.29, 1.82) is 0 Å². The molecule has 19 heavy (non-hydrogen) atoms. The topological polar surface area (TPSA) is 85.8 Å². The zero-order valence-corrected chi connectivity index (χ0v) is 12.2. The van der Waals surface area contributed by atoms with Crippen molar-refractivity contribution < 1.29 is 0 Å². The number of nitrogens with two attached hydrogens (primary N) is 1. The van der Waals surface area contributed by atoms with Crippen molar-refractivity contribution in [2.45, 2.75) is 13.3 Å². The SMILES string of the molecule is CCc1cc(N)cc(Br)c1-n1cnc(NC)nc1=O. The van der Waals surface area contributed by atoms with Gasteiger partial charge in [0.1, 0.15) is 6.33 Å². The van der Waals surface area contributed by atoms with Gasteiger partial charge in [-0.25, -0.2) is 14.3 Å². The molecule has 0 atom stereocenters. The fraction of sp³-hybridized carbons (Fsp3) is 0.250. The number of nitrogens with one attached hydrogen (secondary N) is 1. The van der Waals surface area contributed by atoms with Gasteiger partial charge in [0.2, 0.25) is 5.95 Å². The molecule has 0 aliphatic heterocycles. The number of nitrogen functional groups attached to an aromatic ring is 1. The number of aryl methyl sites for hydroxylation is 1. The van der Waals surface area contributed by atoms with Gasteiger partial charge < -0.3 is 11.1 Å². The molecule has 1 aromatic heterocycles. The van der Waals surface area contributed by atoms with E-state index < -0.39 is 0 Å². The Hall–Kier alpha value is -1.89. The van der Waals surface area contributed by atoms with Gasteiger partial charge in [-0.15, -0.1) is 0 Å². The third-order valence-electron chi connectivity index (χ3n) is 2.71. The molecule has 0 radical (unpaired) electrons. The minimum atomic E-state index is -0.389. The molecule has 0 bridgehead atoms. The summed E-state index contributed by atoms with van der Waals surface area (Å²) in [6, 6.07) is 3.60. The van der Waals surface area contributed by atoms with Crippen molar-refractivity contribution in [3.8, 4) is 5.69 Å². The van der Waals surface area contributed by atoms with Crippen LogP contribution in [0, 0.1) is 0 Å². The second kappa shape index (κ2) is 5.40.